The van der Waals surface area contributed by atoms with E-state index in [2.05, 4.69) is 29.5 Å². The molecule has 0 fully saturated rings. The van der Waals surface area contributed by atoms with Crippen molar-refractivity contribution in [1.82, 2.24) is 15.5 Å². The van der Waals surface area contributed by atoms with Gasteiger partial charge in [-0.15, -0.1) is 24.0 Å². The van der Waals surface area contributed by atoms with Crippen LogP contribution in [-0.2, 0) is 4.79 Å². The molecular formula is C16H35IN4O. The topological polar surface area (TPSA) is 56.7 Å². The summed E-state index contributed by atoms with van der Waals surface area (Å²) in [6.07, 6.45) is 6.88. The first kappa shape index (κ1) is 23.7. The van der Waals surface area contributed by atoms with Crippen molar-refractivity contribution in [3.05, 3.63) is 0 Å². The molecule has 0 aromatic carbocycles. The molecule has 132 valence electrons. The fourth-order valence-corrected chi connectivity index (χ4v) is 1.97. The minimum atomic E-state index is 0. The molecule has 6 heteroatoms. The van der Waals surface area contributed by atoms with Gasteiger partial charge < -0.3 is 15.5 Å². The van der Waals surface area contributed by atoms with Gasteiger partial charge in [-0.1, -0.05) is 39.5 Å². The number of aliphatic imine (C=N–C) groups is 1. The summed E-state index contributed by atoms with van der Waals surface area (Å²) in [4.78, 5) is 17.2. The molecule has 0 aliphatic rings. The fourth-order valence-electron chi connectivity index (χ4n) is 1.97. The number of nitrogens with one attached hydrogen (secondary N) is 2. The summed E-state index contributed by atoms with van der Waals surface area (Å²) in [7, 11) is 5.30. The molecule has 0 atom stereocenters. The first-order valence-electron chi connectivity index (χ1n) is 8.12. The van der Waals surface area contributed by atoms with Crippen LogP contribution in [0.25, 0.3) is 0 Å². The second kappa shape index (κ2) is 15.4. The molecule has 5 nitrogen and oxygen atoms in total. The Hall–Kier alpha value is -0.530. The zero-order chi connectivity index (χ0) is 16.1. The quantitative estimate of drug-likeness (QED) is 0.245. The summed E-state index contributed by atoms with van der Waals surface area (Å²) in [5, 5.41) is 6.45. The maximum Gasteiger partial charge on any atom is 0.223 e. The van der Waals surface area contributed by atoms with Gasteiger partial charge in [-0.3, -0.25) is 9.79 Å². The van der Waals surface area contributed by atoms with E-state index in [0.717, 1.165) is 24.8 Å². The van der Waals surface area contributed by atoms with Crippen molar-refractivity contribution in [1.29, 1.82) is 0 Å². The van der Waals surface area contributed by atoms with E-state index in [1.807, 2.05) is 0 Å². The van der Waals surface area contributed by atoms with Crippen LogP contribution in [0.5, 0.6) is 0 Å². The SMILES string of the molecule is CN=C(NCCCCCCC(C)C)NCCC(=O)N(C)C.I. The lowest BCUT2D eigenvalue weighted by Gasteiger charge is -2.13. The van der Waals surface area contributed by atoms with Crippen LogP contribution in [0.3, 0.4) is 0 Å². The summed E-state index contributed by atoms with van der Waals surface area (Å²) >= 11 is 0. The van der Waals surface area contributed by atoms with Crippen LogP contribution in [-0.4, -0.2) is 51.0 Å². The van der Waals surface area contributed by atoms with E-state index in [1.54, 1.807) is 26.0 Å². The number of rotatable bonds is 10. The van der Waals surface area contributed by atoms with Crippen LogP contribution in [0.4, 0.5) is 0 Å². The number of nitrogens with zero attached hydrogens (tertiary/aromatic N) is 2. The first-order valence-corrected chi connectivity index (χ1v) is 8.12. The highest BCUT2D eigenvalue weighted by Crippen LogP contribution is 2.08. The van der Waals surface area contributed by atoms with E-state index in [-0.39, 0.29) is 29.9 Å². The number of carbonyl (C=O) groups is 1. The monoisotopic (exact) mass is 426 g/mol. The van der Waals surface area contributed by atoms with Crippen molar-refractivity contribution in [3.8, 4) is 0 Å². The minimum absolute atomic E-state index is 0. The zero-order valence-electron chi connectivity index (χ0n) is 14.9. The Balaban J connectivity index is 0. The zero-order valence-corrected chi connectivity index (χ0v) is 17.3. The van der Waals surface area contributed by atoms with Gasteiger partial charge in [0.1, 0.15) is 0 Å². The third-order valence-corrected chi connectivity index (χ3v) is 3.35. The number of halogens is 1. The molecule has 2 N–H and O–H groups in total. The molecule has 0 bridgehead atoms. The van der Waals surface area contributed by atoms with Crippen LogP contribution in [0.2, 0.25) is 0 Å². The van der Waals surface area contributed by atoms with Gasteiger partial charge in [0.25, 0.3) is 0 Å². The second-order valence-electron chi connectivity index (χ2n) is 6.06. The standard InChI is InChI=1S/C16H34N4O.HI/c1-14(2)10-8-6-7-9-12-18-16(17-3)19-13-11-15(21)20(4)5;/h14H,6-13H2,1-5H3,(H2,17,18,19);1H. The lowest BCUT2D eigenvalue weighted by molar-refractivity contribution is -0.128. The molecule has 0 rings (SSSR count). The van der Waals surface area contributed by atoms with Crippen molar-refractivity contribution in [2.24, 2.45) is 10.9 Å². The third-order valence-electron chi connectivity index (χ3n) is 3.35. The Morgan fingerprint density at radius 3 is 2.18 bits per heavy atom. The van der Waals surface area contributed by atoms with Crippen molar-refractivity contribution in [3.63, 3.8) is 0 Å². The third kappa shape index (κ3) is 14.4. The minimum Gasteiger partial charge on any atom is -0.356 e. The van der Waals surface area contributed by atoms with Gasteiger partial charge in [0, 0.05) is 40.7 Å². The summed E-state index contributed by atoms with van der Waals surface area (Å²) in [6.45, 7) is 6.10. The van der Waals surface area contributed by atoms with Gasteiger partial charge in [0.05, 0.1) is 0 Å². The second-order valence-corrected chi connectivity index (χ2v) is 6.06. The maximum atomic E-state index is 11.4. The van der Waals surface area contributed by atoms with Crippen molar-refractivity contribution in [2.75, 3.05) is 34.2 Å². The maximum absolute atomic E-state index is 11.4. The van der Waals surface area contributed by atoms with Gasteiger partial charge in [-0.2, -0.15) is 0 Å². The van der Waals surface area contributed by atoms with Crippen molar-refractivity contribution >= 4 is 35.8 Å². The molecule has 1 amide bonds. The molecule has 0 radical (unpaired) electrons. The van der Waals surface area contributed by atoms with E-state index < -0.39 is 0 Å². The Labute approximate surface area is 153 Å². The highest BCUT2D eigenvalue weighted by Gasteiger charge is 2.04. The summed E-state index contributed by atoms with van der Waals surface area (Å²) in [5.41, 5.74) is 0. The van der Waals surface area contributed by atoms with Crippen LogP contribution in [0.15, 0.2) is 4.99 Å². The van der Waals surface area contributed by atoms with Crippen LogP contribution < -0.4 is 10.6 Å². The number of guanidine groups is 1. The van der Waals surface area contributed by atoms with E-state index in [0.29, 0.717) is 13.0 Å². The molecule has 0 spiro atoms. The van der Waals surface area contributed by atoms with Crippen molar-refractivity contribution < 1.29 is 4.79 Å². The van der Waals surface area contributed by atoms with Crippen molar-refractivity contribution in [2.45, 2.75) is 52.4 Å². The van der Waals surface area contributed by atoms with E-state index >= 15 is 0 Å². The molecule has 0 heterocycles. The number of hydrogen-bond acceptors (Lipinski definition) is 2. The molecule has 0 saturated carbocycles. The largest absolute Gasteiger partial charge is 0.356 e. The van der Waals surface area contributed by atoms with E-state index in [4.69, 9.17) is 0 Å². The number of hydrogen-bond donors (Lipinski definition) is 2. The molecule has 0 aliphatic heterocycles. The smallest absolute Gasteiger partial charge is 0.223 e. The molecular weight excluding hydrogens is 391 g/mol. The Morgan fingerprint density at radius 2 is 1.64 bits per heavy atom. The van der Waals surface area contributed by atoms with Crippen LogP contribution in [0.1, 0.15) is 52.4 Å². The molecule has 0 aliphatic carbocycles. The van der Waals surface area contributed by atoms with Crippen LogP contribution >= 0.6 is 24.0 Å². The predicted molar refractivity (Wildman–Crippen MR) is 106 cm³/mol. The highest BCUT2D eigenvalue weighted by molar-refractivity contribution is 14.0. The fraction of sp³-hybridized carbons (Fsp3) is 0.875. The van der Waals surface area contributed by atoms with Gasteiger partial charge in [0.15, 0.2) is 5.96 Å². The Morgan fingerprint density at radius 1 is 1.05 bits per heavy atom. The summed E-state index contributed by atoms with van der Waals surface area (Å²) in [5.74, 6) is 1.72. The number of unbranched alkanes of at least 4 members (excludes halogenated alkanes) is 3. The Kier molecular flexibility index (Phi) is 16.6. The molecule has 0 aromatic rings. The van der Waals surface area contributed by atoms with Crippen LogP contribution in [0, 0.1) is 5.92 Å². The predicted octanol–water partition coefficient (Wildman–Crippen LogP) is 2.85. The normalized spacial score (nSPS) is 11.1. The molecule has 0 aromatic heterocycles. The molecule has 0 saturated heterocycles. The highest BCUT2D eigenvalue weighted by atomic mass is 127. The van der Waals surface area contributed by atoms with Gasteiger partial charge >= 0.3 is 0 Å². The van der Waals surface area contributed by atoms with Gasteiger partial charge in [-0.25, -0.2) is 0 Å². The molecule has 22 heavy (non-hydrogen) atoms. The lowest BCUT2D eigenvalue weighted by Crippen LogP contribution is -2.39. The average Bonchev–Trinajstić information content (AvgIpc) is 2.43. The summed E-state index contributed by atoms with van der Waals surface area (Å²) in [6, 6.07) is 0. The van der Waals surface area contributed by atoms with E-state index in [1.165, 1.54) is 25.7 Å². The number of carbonyl (C=O) groups excluding carboxylic acids is 1. The Bertz CT molecular complexity index is 307. The van der Waals surface area contributed by atoms with Gasteiger partial charge in [0.2, 0.25) is 5.91 Å². The van der Waals surface area contributed by atoms with E-state index in [9.17, 15) is 4.79 Å². The lowest BCUT2D eigenvalue weighted by atomic mass is 10.0. The molecule has 0 unspecified atom stereocenters. The average molecular weight is 426 g/mol. The first-order chi connectivity index (χ1) is 9.97. The van der Waals surface area contributed by atoms with Gasteiger partial charge in [-0.05, 0) is 12.3 Å². The number of amides is 1. The summed E-state index contributed by atoms with van der Waals surface area (Å²) < 4.78 is 0.